The highest BCUT2D eigenvalue weighted by Gasteiger charge is 2.51. The summed E-state index contributed by atoms with van der Waals surface area (Å²) in [6.45, 7) is 6.60. The van der Waals surface area contributed by atoms with Gasteiger partial charge >= 0.3 is 0 Å². The first-order valence-electron chi connectivity index (χ1n) is 8.93. The van der Waals surface area contributed by atoms with Gasteiger partial charge in [0.05, 0.1) is 11.9 Å². The summed E-state index contributed by atoms with van der Waals surface area (Å²) in [6.07, 6.45) is 2.03. The summed E-state index contributed by atoms with van der Waals surface area (Å²) in [5.41, 5.74) is 0. The number of hydrogen-bond acceptors (Lipinski definition) is 3. The molecule has 0 fully saturated rings. The lowest BCUT2D eigenvalue weighted by Crippen LogP contribution is -2.68. The van der Waals surface area contributed by atoms with Crippen molar-refractivity contribution in [3.05, 3.63) is 72.1 Å². The first-order valence-corrected chi connectivity index (χ1v) is 12.6. The number of sulfone groups is 1. The Hall–Kier alpha value is -1.69. The van der Waals surface area contributed by atoms with Gasteiger partial charge in [0.15, 0.2) is 9.84 Å². The Kier molecular flexibility index (Phi) is 5.24. The molecular weight excluding hydrogens is 360 g/mol. The first kappa shape index (κ1) is 19.1. The Labute approximate surface area is 157 Å². The van der Waals surface area contributed by atoms with Crippen LogP contribution in [-0.4, -0.2) is 28.6 Å². The van der Waals surface area contributed by atoms with Crippen molar-refractivity contribution in [1.29, 1.82) is 0 Å². The van der Waals surface area contributed by atoms with E-state index in [1.54, 1.807) is 6.08 Å². The highest BCUT2D eigenvalue weighted by molar-refractivity contribution is 7.94. The predicted molar refractivity (Wildman–Crippen MR) is 110 cm³/mol. The second-order valence-electron chi connectivity index (χ2n) is 7.84. The minimum absolute atomic E-state index is 0.0496. The zero-order valence-corrected chi connectivity index (χ0v) is 17.4. The van der Waals surface area contributed by atoms with Crippen molar-refractivity contribution in [3.8, 4) is 0 Å². The average Bonchev–Trinajstić information content (AvgIpc) is 2.59. The third-order valence-electron chi connectivity index (χ3n) is 4.88. The van der Waals surface area contributed by atoms with Gasteiger partial charge in [-0.2, -0.15) is 0 Å². The van der Waals surface area contributed by atoms with E-state index in [0.29, 0.717) is 6.42 Å². The molecule has 0 radical (unpaired) electrons. The summed E-state index contributed by atoms with van der Waals surface area (Å²) in [5.74, 6) is 0.0496. The van der Waals surface area contributed by atoms with E-state index in [1.165, 1.54) is 15.8 Å². The summed E-state index contributed by atoms with van der Waals surface area (Å²) in [5, 5.41) is 3.51. The van der Waals surface area contributed by atoms with Gasteiger partial charge in [0.25, 0.3) is 8.32 Å². The molecule has 0 saturated heterocycles. The van der Waals surface area contributed by atoms with Crippen LogP contribution in [0.25, 0.3) is 0 Å². The van der Waals surface area contributed by atoms with Gasteiger partial charge in [-0.1, -0.05) is 87.5 Å². The summed E-state index contributed by atoms with van der Waals surface area (Å²) in [4.78, 5) is 0. The zero-order chi connectivity index (χ0) is 18.8. The third-order valence-corrected chi connectivity index (χ3v) is 11.4. The number of rotatable bonds is 4. The Balaban J connectivity index is 2.17. The Morgan fingerprint density at radius 3 is 1.85 bits per heavy atom. The quantitative estimate of drug-likeness (QED) is 0.758. The maximum absolute atomic E-state index is 12.1. The zero-order valence-electron chi connectivity index (χ0n) is 15.6. The largest absolute Gasteiger partial charge is 0.403 e. The molecule has 0 saturated carbocycles. The molecule has 0 aromatic heterocycles. The van der Waals surface area contributed by atoms with Crippen LogP contribution in [0.15, 0.2) is 72.1 Å². The van der Waals surface area contributed by atoms with E-state index in [4.69, 9.17) is 4.43 Å². The SMILES string of the molecule is CC(C)(C)[Si](OC1CC=CS(=O)(=O)C1)(c1ccccc1)c1ccccc1. The molecule has 0 amide bonds. The van der Waals surface area contributed by atoms with Crippen LogP contribution in [0.4, 0.5) is 0 Å². The predicted octanol–water partition coefficient (Wildman–Crippen LogP) is 3.26. The van der Waals surface area contributed by atoms with Crippen LogP contribution in [0.5, 0.6) is 0 Å². The first-order chi connectivity index (χ1) is 12.2. The fraction of sp³-hybridized carbons (Fsp3) is 0.333. The summed E-state index contributed by atoms with van der Waals surface area (Å²) in [7, 11) is -5.90. The smallest absolute Gasteiger partial charge is 0.261 e. The van der Waals surface area contributed by atoms with Crippen LogP contribution in [0, 0.1) is 0 Å². The van der Waals surface area contributed by atoms with Gasteiger partial charge in [0, 0.05) is 5.41 Å². The molecule has 0 bridgehead atoms. The van der Waals surface area contributed by atoms with Crippen molar-refractivity contribution in [2.45, 2.75) is 38.3 Å². The number of hydrogen-bond donors (Lipinski definition) is 0. The molecule has 1 atom stereocenters. The van der Waals surface area contributed by atoms with Gasteiger partial charge in [-0.25, -0.2) is 8.42 Å². The van der Waals surface area contributed by atoms with E-state index in [-0.39, 0.29) is 16.9 Å². The Morgan fingerprint density at radius 2 is 1.42 bits per heavy atom. The van der Waals surface area contributed by atoms with Crippen LogP contribution < -0.4 is 10.4 Å². The van der Waals surface area contributed by atoms with Crippen LogP contribution >= 0.6 is 0 Å². The molecule has 0 aliphatic carbocycles. The standard InChI is InChI=1S/C21H26O3SSi/c1-21(2,3)26(19-12-6-4-7-13-19,20-14-8-5-9-15-20)24-18-11-10-16-25(22,23)17-18/h4-10,12-16,18H,11,17H2,1-3H3. The van der Waals surface area contributed by atoms with Crippen LogP contribution in [0.2, 0.25) is 5.04 Å². The summed E-state index contributed by atoms with van der Waals surface area (Å²) >= 11 is 0. The molecule has 3 nitrogen and oxygen atoms in total. The molecule has 26 heavy (non-hydrogen) atoms. The maximum Gasteiger partial charge on any atom is 0.261 e. The fourth-order valence-electron chi connectivity index (χ4n) is 3.76. The van der Waals surface area contributed by atoms with E-state index in [2.05, 4.69) is 45.0 Å². The highest BCUT2D eigenvalue weighted by atomic mass is 32.2. The normalized spacial score (nSPS) is 20.0. The molecule has 1 aliphatic heterocycles. The fourth-order valence-corrected chi connectivity index (χ4v) is 9.81. The lowest BCUT2D eigenvalue weighted by Gasteiger charge is -2.45. The molecule has 3 rings (SSSR count). The minimum Gasteiger partial charge on any atom is -0.403 e. The molecular formula is C21H26O3SSi. The Morgan fingerprint density at radius 1 is 0.923 bits per heavy atom. The van der Waals surface area contributed by atoms with E-state index < -0.39 is 18.2 Å². The van der Waals surface area contributed by atoms with Crippen molar-refractivity contribution in [2.75, 3.05) is 5.75 Å². The van der Waals surface area contributed by atoms with Gasteiger partial charge in [-0.15, -0.1) is 0 Å². The van der Waals surface area contributed by atoms with E-state index >= 15 is 0 Å². The van der Waals surface area contributed by atoms with E-state index in [9.17, 15) is 8.42 Å². The van der Waals surface area contributed by atoms with Crippen molar-refractivity contribution in [2.24, 2.45) is 0 Å². The lowest BCUT2D eigenvalue weighted by atomic mass is 10.2. The molecule has 2 aromatic rings. The molecule has 1 unspecified atom stereocenters. The third kappa shape index (κ3) is 3.70. The van der Waals surface area contributed by atoms with Crippen LogP contribution in [0.1, 0.15) is 27.2 Å². The number of benzene rings is 2. The Bertz CT molecular complexity index is 829. The molecule has 138 valence electrons. The van der Waals surface area contributed by atoms with Crippen molar-refractivity contribution < 1.29 is 12.8 Å². The van der Waals surface area contributed by atoms with Gasteiger partial charge in [-0.3, -0.25) is 0 Å². The molecule has 0 spiro atoms. The second-order valence-corrected chi connectivity index (χ2v) is 14.0. The van der Waals surface area contributed by atoms with Gasteiger partial charge in [0.2, 0.25) is 0 Å². The average molecular weight is 387 g/mol. The summed E-state index contributed by atoms with van der Waals surface area (Å²) < 4.78 is 31.1. The molecule has 1 heterocycles. The second kappa shape index (κ2) is 7.14. The minimum atomic E-state index is -3.20. The van der Waals surface area contributed by atoms with Gasteiger partial charge < -0.3 is 4.43 Å². The van der Waals surface area contributed by atoms with Crippen molar-refractivity contribution in [3.63, 3.8) is 0 Å². The molecule has 5 heteroatoms. The summed E-state index contributed by atoms with van der Waals surface area (Å²) in [6, 6.07) is 20.6. The van der Waals surface area contributed by atoms with Gasteiger partial charge in [0.1, 0.15) is 0 Å². The van der Waals surface area contributed by atoms with E-state index in [1.807, 2.05) is 36.4 Å². The van der Waals surface area contributed by atoms with E-state index in [0.717, 1.165) is 0 Å². The van der Waals surface area contributed by atoms with Crippen LogP contribution in [0.3, 0.4) is 0 Å². The molecule has 1 aliphatic rings. The maximum atomic E-state index is 12.1. The highest BCUT2D eigenvalue weighted by Crippen LogP contribution is 2.38. The van der Waals surface area contributed by atoms with Crippen molar-refractivity contribution in [1.82, 2.24) is 0 Å². The lowest BCUT2D eigenvalue weighted by molar-refractivity contribution is 0.211. The molecule has 2 aromatic carbocycles. The topological polar surface area (TPSA) is 43.4 Å². The van der Waals surface area contributed by atoms with Crippen molar-refractivity contribution >= 4 is 28.5 Å². The van der Waals surface area contributed by atoms with Gasteiger partial charge in [-0.05, 0) is 21.8 Å². The molecule has 0 N–H and O–H groups in total. The monoisotopic (exact) mass is 386 g/mol. The van der Waals surface area contributed by atoms with Crippen LogP contribution in [-0.2, 0) is 14.3 Å².